The predicted octanol–water partition coefficient (Wildman–Crippen LogP) is 4.36. The molecule has 7 heteroatoms. The SMILES string of the molecule is O=C(NCC(c1cccs1)N1CCCC1)c1cn[nH]c1-c1ccc(Cl)cc1. The monoisotopic (exact) mass is 400 g/mol. The van der Waals surface area contributed by atoms with Crippen LogP contribution in [0.3, 0.4) is 0 Å². The number of thiophene rings is 1. The lowest BCUT2D eigenvalue weighted by atomic mass is 10.1. The summed E-state index contributed by atoms with van der Waals surface area (Å²) < 4.78 is 0. The molecule has 1 aliphatic rings. The maximum Gasteiger partial charge on any atom is 0.255 e. The largest absolute Gasteiger partial charge is 0.350 e. The molecule has 3 heterocycles. The van der Waals surface area contributed by atoms with Gasteiger partial charge in [-0.3, -0.25) is 14.8 Å². The average molecular weight is 401 g/mol. The smallest absolute Gasteiger partial charge is 0.255 e. The summed E-state index contributed by atoms with van der Waals surface area (Å²) in [6, 6.07) is 11.8. The predicted molar refractivity (Wildman–Crippen MR) is 109 cm³/mol. The number of nitrogens with zero attached hydrogens (tertiary/aromatic N) is 2. The Morgan fingerprint density at radius 1 is 1.26 bits per heavy atom. The van der Waals surface area contributed by atoms with Gasteiger partial charge in [0.25, 0.3) is 5.91 Å². The Kier molecular flexibility index (Phi) is 5.57. The molecule has 1 aliphatic heterocycles. The second-order valence-electron chi connectivity index (χ2n) is 6.65. The van der Waals surface area contributed by atoms with Crippen LogP contribution in [-0.2, 0) is 0 Å². The molecule has 1 fully saturated rings. The number of aromatic amines is 1. The third-order valence-electron chi connectivity index (χ3n) is 4.93. The molecule has 0 aliphatic carbocycles. The molecule has 0 bridgehead atoms. The van der Waals surface area contributed by atoms with Crippen LogP contribution in [0.5, 0.6) is 0 Å². The Bertz CT molecular complexity index is 885. The first-order chi connectivity index (χ1) is 13.2. The number of aromatic nitrogens is 2. The highest BCUT2D eigenvalue weighted by Crippen LogP contribution is 2.28. The van der Waals surface area contributed by atoms with Gasteiger partial charge in [-0.15, -0.1) is 11.3 Å². The molecule has 0 radical (unpaired) electrons. The zero-order valence-electron chi connectivity index (χ0n) is 14.8. The van der Waals surface area contributed by atoms with Gasteiger partial charge in [-0.1, -0.05) is 29.8 Å². The molecule has 3 aromatic rings. The van der Waals surface area contributed by atoms with Crippen molar-refractivity contribution in [3.8, 4) is 11.3 Å². The number of H-pyrrole nitrogens is 1. The molecule has 4 rings (SSSR count). The van der Waals surface area contributed by atoms with E-state index in [1.807, 2.05) is 12.1 Å². The number of hydrogen-bond acceptors (Lipinski definition) is 4. The van der Waals surface area contributed by atoms with Crippen molar-refractivity contribution >= 4 is 28.8 Å². The summed E-state index contributed by atoms with van der Waals surface area (Å²) in [6.45, 7) is 2.75. The lowest BCUT2D eigenvalue weighted by Gasteiger charge is -2.26. The van der Waals surface area contributed by atoms with E-state index in [2.05, 4.69) is 37.9 Å². The van der Waals surface area contributed by atoms with Gasteiger partial charge < -0.3 is 5.32 Å². The standard InChI is InChI=1S/C20H21ClN4OS/c21-15-7-5-14(6-8-15)19-16(12-23-24-19)20(26)22-13-17(18-4-3-11-27-18)25-9-1-2-10-25/h3-8,11-12,17H,1-2,9-10,13H2,(H,22,26)(H,23,24). The first kappa shape index (κ1) is 18.2. The van der Waals surface area contributed by atoms with E-state index in [4.69, 9.17) is 11.6 Å². The summed E-state index contributed by atoms with van der Waals surface area (Å²) >= 11 is 7.71. The van der Waals surface area contributed by atoms with Crippen molar-refractivity contribution in [3.63, 3.8) is 0 Å². The fourth-order valence-corrected chi connectivity index (χ4v) is 4.51. The molecule has 1 atom stereocenters. The number of amides is 1. The molecule has 27 heavy (non-hydrogen) atoms. The van der Waals surface area contributed by atoms with E-state index in [0.717, 1.165) is 18.7 Å². The molecule has 0 saturated carbocycles. The Morgan fingerprint density at radius 3 is 2.74 bits per heavy atom. The van der Waals surface area contributed by atoms with Crippen molar-refractivity contribution in [1.29, 1.82) is 0 Å². The van der Waals surface area contributed by atoms with E-state index in [0.29, 0.717) is 22.8 Å². The van der Waals surface area contributed by atoms with E-state index >= 15 is 0 Å². The zero-order chi connectivity index (χ0) is 18.6. The van der Waals surface area contributed by atoms with Gasteiger partial charge in [-0.25, -0.2) is 0 Å². The third kappa shape index (κ3) is 4.08. The van der Waals surface area contributed by atoms with Gasteiger partial charge >= 0.3 is 0 Å². The van der Waals surface area contributed by atoms with Crippen molar-refractivity contribution in [3.05, 3.63) is 63.4 Å². The second kappa shape index (κ2) is 8.25. The topological polar surface area (TPSA) is 61.0 Å². The van der Waals surface area contributed by atoms with Crippen LogP contribution < -0.4 is 5.32 Å². The molecular formula is C20H21ClN4OS. The van der Waals surface area contributed by atoms with Crippen LogP contribution in [0.4, 0.5) is 0 Å². The number of halogens is 1. The normalized spacial score (nSPS) is 15.7. The van der Waals surface area contributed by atoms with Crippen LogP contribution in [0.1, 0.15) is 34.1 Å². The van der Waals surface area contributed by atoms with Gasteiger partial charge in [0.15, 0.2) is 0 Å². The number of rotatable bonds is 6. The molecule has 1 saturated heterocycles. The highest BCUT2D eigenvalue weighted by atomic mass is 35.5. The molecular weight excluding hydrogens is 380 g/mol. The fourth-order valence-electron chi connectivity index (χ4n) is 3.52. The number of hydrogen-bond donors (Lipinski definition) is 2. The summed E-state index contributed by atoms with van der Waals surface area (Å²) in [6.07, 6.45) is 4.02. The first-order valence-electron chi connectivity index (χ1n) is 9.07. The molecule has 2 N–H and O–H groups in total. The molecule has 140 valence electrons. The van der Waals surface area contributed by atoms with E-state index in [-0.39, 0.29) is 11.9 Å². The molecule has 2 aromatic heterocycles. The van der Waals surface area contributed by atoms with Crippen molar-refractivity contribution in [1.82, 2.24) is 20.4 Å². The van der Waals surface area contributed by atoms with Crippen molar-refractivity contribution < 1.29 is 4.79 Å². The van der Waals surface area contributed by atoms with Crippen LogP contribution in [0.25, 0.3) is 11.3 Å². The van der Waals surface area contributed by atoms with Gasteiger partial charge in [0, 0.05) is 22.0 Å². The number of carbonyl (C=O) groups excluding carboxylic acids is 1. The van der Waals surface area contributed by atoms with E-state index < -0.39 is 0 Å². The molecule has 1 aromatic carbocycles. The Hall–Kier alpha value is -2.15. The van der Waals surface area contributed by atoms with Crippen LogP contribution in [0.2, 0.25) is 5.02 Å². The molecule has 5 nitrogen and oxygen atoms in total. The van der Waals surface area contributed by atoms with Crippen molar-refractivity contribution in [2.24, 2.45) is 0 Å². The van der Waals surface area contributed by atoms with Gasteiger partial charge in [0.05, 0.1) is 23.5 Å². The number of nitrogens with one attached hydrogen (secondary N) is 2. The van der Waals surface area contributed by atoms with E-state index in [1.54, 1.807) is 29.7 Å². The molecule has 1 unspecified atom stereocenters. The van der Waals surface area contributed by atoms with Crippen LogP contribution in [0, 0.1) is 0 Å². The van der Waals surface area contributed by atoms with Crippen molar-refractivity contribution in [2.45, 2.75) is 18.9 Å². The minimum atomic E-state index is -0.116. The quantitative estimate of drug-likeness (QED) is 0.646. The van der Waals surface area contributed by atoms with Gasteiger partial charge in [-0.05, 0) is 49.5 Å². The maximum absolute atomic E-state index is 12.8. The van der Waals surface area contributed by atoms with Crippen LogP contribution >= 0.6 is 22.9 Å². The summed E-state index contributed by atoms with van der Waals surface area (Å²) in [5.74, 6) is -0.116. The lowest BCUT2D eigenvalue weighted by Crippen LogP contribution is -2.36. The first-order valence-corrected chi connectivity index (χ1v) is 10.3. The number of likely N-dealkylation sites (tertiary alicyclic amines) is 1. The minimum Gasteiger partial charge on any atom is -0.350 e. The summed E-state index contributed by atoms with van der Waals surface area (Å²) in [5.41, 5.74) is 2.14. The van der Waals surface area contributed by atoms with Gasteiger partial charge in [-0.2, -0.15) is 5.10 Å². The third-order valence-corrected chi connectivity index (χ3v) is 6.15. The highest BCUT2D eigenvalue weighted by molar-refractivity contribution is 7.10. The van der Waals surface area contributed by atoms with Crippen LogP contribution in [0.15, 0.2) is 48.0 Å². The van der Waals surface area contributed by atoms with Gasteiger partial charge in [0.2, 0.25) is 0 Å². The van der Waals surface area contributed by atoms with Gasteiger partial charge in [0.1, 0.15) is 0 Å². The average Bonchev–Trinajstić information content (AvgIpc) is 3.44. The molecule has 0 spiro atoms. The number of carbonyl (C=O) groups is 1. The number of benzene rings is 1. The molecule has 1 amide bonds. The van der Waals surface area contributed by atoms with E-state index in [1.165, 1.54) is 17.7 Å². The zero-order valence-corrected chi connectivity index (χ0v) is 16.4. The summed E-state index contributed by atoms with van der Waals surface area (Å²) in [4.78, 5) is 16.6. The second-order valence-corrected chi connectivity index (χ2v) is 8.07. The van der Waals surface area contributed by atoms with Crippen molar-refractivity contribution in [2.75, 3.05) is 19.6 Å². The summed E-state index contributed by atoms with van der Waals surface area (Å²) in [5, 5.41) is 12.9. The Labute approximate surface area is 167 Å². The fraction of sp³-hybridized carbons (Fsp3) is 0.300. The van der Waals surface area contributed by atoms with Crippen LogP contribution in [-0.4, -0.2) is 40.6 Å². The highest BCUT2D eigenvalue weighted by Gasteiger charge is 2.25. The van der Waals surface area contributed by atoms with E-state index in [9.17, 15) is 4.79 Å². The maximum atomic E-state index is 12.8. The Balaban J connectivity index is 1.49. The lowest BCUT2D eigenvalue weighted by molar-refractivity contribution is 0.0939. The Morgan fingerprint density at radius 2 is 2.04 bits per heavy atom. The minimum absolute atomic E-state index is 0.116. The summed E-state index contributed by atoms with van der Waals surface area (Å²) in [7, 11) is 0.